The summed E-state index contributed by atoms with van der Waals surface area (Å²) in [6, 6.07) is 0. The Morgan fingerprint density at radius 1 is 1.50 bits per heavy atom. The Balaban J connectivity index is 2.92. The van der Waals surface area contributed by atoms with Crippen LogP contribution in [0.1, 0.15) is 20.3 Å². The zero-order valence-corrected chi connectivity index (χ0v) is 8.01. The SMILES string of the molecule is CC1(C)CC(=O)N(I)C1=O. The van der Waals surface area contributed by atoms with Gasteiger partial charge in [0, 0.05) is 6.42 Å². The van der Waals surface area contributed by atoms with Crippen molar-refractivity contribution in [2.75, 3.05) is 0 Å². The number of amides is 2. The van der Waals surface area contributed by atoms with Crippen LogP contribution in [0.15, 0.2) is 0 Å². The van der Waals surface area contributed by atoms with Gasteiger partial charge in [-0.25, -0.2) is 3.11 Å². The van der Waals surface area contributed by atoms with E-state index in [0.29, 0.717) is 6.42 Å². The fourth-order valence-electron chi connectivity index (χ4n) is 0.902. The summed E-state index contributed by atoms with van der Waals surface area (Å²) in [7, 11) is 0. The number of hydrogen-bond acceptors (Lipinski definition) is 2. The average molecular weight is 253 g/mol. The molecule has 2 amide bonds. The van der Waals surface area contributed by atoms with E-state index in [2.05, 4.69) is 0 Å². The molecule has 1 heterocycles. The summed E-state index contributed by atoms with van der Waals surface area (Å²) in [5.41, 5.74) is -0.474. The third kappa shape index (κ3) is 1.04. The Hall–Kier alpha value is -0.130. The number of imide groups is 1. The number of halogens is 1. The van der Waals surface area contributed by atoms with Gasteiger partial charge in [-0.2, -0.15) is 0 Å². The van der Waals surface area contributed by atoms with Crippen molar-refractivity contribution in [1.82, 2.24) is 3.11 Å². The molecule has 0 radical (unpaired) electrons. The summed E-state index contributed by atoms with van der Waals surface area (Å²) in [5.74, 6) is -0.172. The van der Waals surface area contributed by atoms with Crippen molar-refractivity contribution >= 4 is 34.7 Å². The summed E-state index contributed by atoms with van der Waals surface area (Å²) in [6.45, 7) is 3.57. The molecular formula is C6H8INO2. The smallest absolute Gasteiger partial charge is 0.244 e. The van der Waals surface area contributed by atoms with Gasteiger partial charge in [-0.1, -0.05) is 13.8 Å². The minimum atomic E-state index is -0.474. The summed E-state index contributed by atoms with van der Waals surface area (Å²) < 4.78 is 1.16. The fraction of sp³-hybridized carbons (Fsp3) is 0.667. The second-order valence-corrected chi connectivity index (χ2v) is 4.01. The van der Waals surface area contributed by atoms with Crippen molar-refractivity contribution in [3.63, 3.8) is 0 Å². The molecule has 0 aromatic rings. The lowest BCUT2D eigenvalue weighted by Crippen LogP contribution is -2.24. The number of nitrogens with zero attached hydrogens (tertiary/aromatic N) is 1. The molecule has 0 saturated carbocycles. The number of carbonyl (C=O) groups is 2. The van der Waals surface area contributed by atoms with Gasteiger partial charge in [0.25, 0.3) is 0 Å². The second-order valence-electron chi connectivity index (χ2n) is 3.04. The van der Waals surface area contributed by atoms with E-state index in [1.165, 1.54) is 0 Å². The van der Waals surface area contributed by atoms with Crippen LogP contribution in [0.25, 0.3) is 0 Å². The minimum absolute atomic E-state index is 0.0851. The van der Waals surface area contributed by atoms with Crippen molar-refractivity contribution in [1.29, 1.82) is 0 Å². The van der Waals surface area contributed by atoms with Gasteiger partial charge in [0.05, 0.1) is 28.3 Å². The maximum absolute atomic E-state index is 11.1. The molecule has 10 heavy (non-hydrogen) atoms. The molecule has 0 bridgehead atoms. The van der Waals surface area contributed by atoms with Crippen LogP contribution in [-0.2, 0) is 9.59 Å². The van der Waals surface area contributed by atoms with Crippen molar-refractivity contribution in [3.05, 3.63) is 0 Å². The lowest BCUT2D eigenvalue weighted by molar-refractivity contribution is -0.133. The predicted octanol–water partition coefficient (Wildman–Crippen LogP) is 1.12. The standard InChI is InChI=1S/C6H8INO2/c1-6(2)3-4(9)8(7)5(6)10/h3H2,1-2H3. The van der Waals surface area contributed by atoms with Gasteiger partial charge in [0.15, 0.2) is 0 Å². The average Bonchev–Trinajstić information content (AvgIpc) is 1.95. The Morgan fingerprint density at radius 2 is 2.00 bits per heavy atom. The maximum Gasteiger partial charge on any atom is 0.244 e. The van der Waals surface area contributed by atoms with E-state index >= 15 is 0 Å². The van der Waals surface area contributed by atoms with Crippen LogP contribution in [0.5, 0.6) is 0 Å². The zero-order chi connectivity index (χ0) is 7.94. The summed E-state index contributed by atoms with van der Waals surface area (Å²) >= 11 is 1.74. The molecule has 0 unspecified atom stereocenters. The Bertz CT molecular complexity index is 200. The van der Waals surface area contributed by atoms with Gasteiger partial charge in [0.2, 0.25) is 11.8 Å². The van der Waals surface area contributed by atoms with E-state index in [1.807, 2.05) is 0 Å². The molecule has 0 spiro atoms. The molecular weight excluding hydrogens is 245 g/mol. The highest BCUT2D eigenvalue weighted by atomic mass is 127. The third-order valence-corrected chi connectivity index (χ3v) is 2.55. The van der Waals surface area contributed by atoms with E-state index in [9.17, 15) is 9.59 Å². The molecule has 0 N–H and O–H groups in total. The van der Waals surface area contributed by atoms with Gasteiger partial charge >= 0.3 is 0 Å². The van der Waals surface area contributed by atoms with E-state index in [4.69, 9.17) is 0 Å². The van der Waals surface area contributed by atoms with Crippen molar-refractivity contribution < 1.29 is 9.59 Å². The fourth-order valence-corrected chi connectivity index (χ4v) is 1.73. The highest BCUT2D eigenvalue weighted by Crippen LogP contribution is 2.33. The van der Waals surface area contributed by atoms with Crippen LogP contribution in [-0.4, -0.2) is 14.9 Å². The zero-order valence-electron chi connectivity index (χ0n) is 5.85. The van der Waals surface area contributed by atoms with Crippen molar-refractivity contribution in [2.24, 2.45) is 5.41 Å². The number of carbonyl (C=O) groups excluding carboxylic acids is 2. The lowest BCUT2D eigenvalue weighted by Gasteiger charge is -2.11. The predicted molar refractivity (Wildman–Crippen MR) is 44.3 cm³/mol. The molecule has 0 aliphatic carbocycles. The largest absolute Gasteiger partial charge is 0.274 e. The molecule has 4 heteroatoms. The summed E-state index contributed by atoms with van der Waals surface area (Å²) in [5, 5.41) is 0. The van der Waals surface area contributed by atoms with E-state index in [1.54, 1.807) is 36.7 Å². The van der Waals surface area contributed by atoms with Gasteiger partial charge in [-0.05, 0) is 0 Å². The summed E-state index contributed by atoms with van der Waals surface area (Å²) in [4.78, 5) is 22.0. The molecule has 1 fully saturated rings. The molecule has 0 aromatic heterocycles. The second kappa shape index (κ2) is 2.18. The summed E-state index contributed by atoms with van der Waals surface area (Å²) in [6.07, 6.45) is 0.342. The first-order chi connectivity index (χ1) is 4.45. The monoisotopic (exact) mass is 253 g/mol. The molecule has 1 rings (SSSR count). The molecule has 0 aromatic carbocycles. The first-order valence-electron chi connectivity index (χ1n) is 2.98. The Kier molecular flexibility index (Phi) is 1.74. The quantitative estimate of drug-likeness (QED) is 0.368. The topological polar surface area (TPSA) is 37.4 Å². The number of rotatable bonds is 0. The van der Waals surface area contributed by atoms with Crippen LogP contribution < -0.4 is 0 Å². The molecule has 3 nitrogen and oxygen atoms in total. The first kappa shape index (κ1) is 7.97. The van der Waals surface area contributed by atoms with Gasteiger partial charge in [-0.15, -0.1) is 0 Å². The highest BCUT2D eigenvalue weighted by Gasteiger charge is 2.43. The number of hydrogen-bond donors (Lipinski definition) is 0. The van der Waals surface area contributed by atoms with Gasteiger partial charge in [0.1, 0.15) is 0 Å². The van der Waals surface area contributed by atoms with Crippen LogP contribution in [0.4, 0.5) is 0 Å². The lowest BCUT2D eigenvalue weighted by atomic mass is 9.92. The molecule has 1 saturated heterocycles. The third-order valence-electron chi connectivity index (χ3n) is 1.57. The van der Waals surface area contributed by atoms with Crippen molar-refractivity contribution in [2.45, 2.75) is 20.3 Å². The highest BCUT2D eigenvalue weighted by molar-refractivity contribution is 14.1. The van der Waals surface area contributed by atoms with E-state index in [-0.39, 0.29) is 11.8 Å². The van der Waals surface area contributed by atoms with E-state index in [0.717, 1.165) is 3.11 Å². The molecule has 0 atom stereocenters. The van der Waals surface area contributed by atoms with Gasteiger partial charge in [-0.3, -0.25) is 9.59 Å². The first-order valence-corrected chi connectivity index (χ1v) is 3.95. The molecule has 1 aliphatic rings. The minimum Gasteiger partial charge on any atom is -0.274 e. The normalized spacial score (nSPS) is 24.1. The van der Waals surface area contributed by atoms with Crippen LogP contribution in [0, 0.1) is 5.41 Å². The van der Waals surface area contributed by atoms with Crippen LogP contribution in [0.2, 0.25) is 0 Å². The van der Waals surface area contributed by atoms with Crippen LogP contribution >= 0.6 is 22.9 Å². The van der Waals surface area contributed by atoms with Crippen LogP contribution in [0.3, 0.4) is 0 Å². The van der Waals surface area contributed by atoms with E-state index < -0.39 is 5.41 Å². The Labute approximate surface area is 73.3 Å². The maximum atomic E-state index is 11.1. The van der Waals surface area contributed by atoms with Gasteiger partial charge < -0.3 is 0 Å². The Morgan fingerprint density at radius 3 is 2.10 bits per heavy atom. The molecule has 1 aliphatic heterocycles. The van der Waals surface area contributed by atoms with Crippen molar-refractivity contribution in [3.8, 4) is 0 Å². The molecule has 56 valence electrons.